The van der Waals surface area contributed by atoms with Gasteiger partial charge in [0.2, 0.25) is 0 Å². The number of rotatable bonds is 5. The van der Waals surface area contributed by atoms with E-state index in [9.17, 15) is 5.11 Å². The van der Waals surface area contributed by atoms with Crippen LogP contribution in [0.3, 0.4) is 0 Å². The Labute approximate surface area is 122 Å². The first-order chi connectivity index (χ1) is 9.83. The largest absolute Gasteiger partial charge is 0.486 e. The van der Waals surface area contributed by atoms with Gasteiger partial charge in [-0.3, -0.25) is 0 Å². The molecule has 1 unspecified atom stereocenters. The second kappa shape index (κ2) is 6.26. The van der Waals surface area contributed by atoms with Crippen molar-refractivity contribution in [3.05, 3.63) is 46.2 Å². The monoisotopic (exact) mass is 291 g/mol. The lowest BCUT2D eigenvalue weighted by Gasteiger charge is -2.20. The third kappa shape index (κ3) is 3.12. The highest BCUT2D eigenvalue weighted by atomic mass is 32.1. The summed E-state index contributed by atoms with van der Waals surface area (Å²) in [6.45, 7) is 2.43. The highest BCUT2D eigenvalue weighted by Crippen LogP contribution is 2.32. The number of aliphatic hydroxyl groups is 1. The Kier molecular flexibility index (Phi) is 4.20. The molecule has 106 valence electrons. The maximum atomic E-state index is 10.2. The van der Waals surface area contributed by atoms with Gasteiger partial charge in [-0.15, -0.1) is 11.3 Å². The minimum Gasteiger partial charge on any atom is -0.486 e. The molecule has 4 nitrogen and oxygen atoms in total. The summed E-state index contributed by atoms with van der Waals surface area (Å²) < 4.78 is 11.0. The van der Waals surface area contributed by atoms with Crippen LogP contribution in [0, 0.1) is 0 Å². The molecule has 0 bridgehead atoms. The van der Waals surface area contributed by atoms with Gasteiger partial charge in [-0.1, -0.05) is 12.1 Å². The van der Waals surface area contributed by atoms with Gasteiger partial charge in [0.1, 0.15) is 13.2 Å². The topological polar surface area (TPSA) is 50.7 Å². The lowest BCUT2D eigenvalue weighted by molar-refractivity contribution is 0.163. The summed E-state index contributed by atoms with van der Waals surface area (Å²) >= 11 is 1.71. The lowest BCUT2D eigenvalue weighted by atomic mass is 10.1. The summed E-state index contributed by atoms with van der Waals surface area (Å²) in [4.78, 5) is 1.26. The summed E-state index contributed by atoms with van der Waals surface area (Å²) in [5, 5.41) is 15.5. The van der Waals surface area contributed by atoms with E-state index in [0.29, 0.717) is 25.5 Å². The van der Waals surface area contributed by atoms with Gasteiger partial charge >= 0.3 is 0 Å². The number of aliphatic hydroxyl groups excluding tert-OH is 1. The van der Waals surface area contributed by atoms with Crippen LogP contribution < -0.4 is 14.8 Å². The molecule has 0 radical (unpaired) electrons. The fourth-order valence-corrected chi connectivity index (χ4v) is 2.80. The summed E-state index contributed by atoms with van der Waals surface area (Å²) in [6, 6.07) is 9.69. The lowest BCUT2D eigenvalue weighted by Crippen LogP contribution is -2.21. The molecule has 1 aliphatic heterocycles. The van der Waals surface area contributed by atoms with Crippen LogP contribution in [0.1, 0.15) is 16.5 Å². The smallest absolute Gasteiger partial charge is 0.161 e. The highest BCUT2D eigenvalue weighted by molar-refractivity contribution is 7.09. The van der Waals surface area contributed by atoms with E-state index in [1.165, 1.54) is 4.88 Å². The molecule has 2 N–H and O–H groups in total. The van der Waals surface area contributed by atoms with E-state index in [-0.39, 0.29) is 0 Å². The van der Waals surface area contributed by atoms with Crippen molar-refractivity contribution < 1.29 is 14.6 Å². The van der Waals surface area contributed by atoms with Crippen LogP contribution in [0.25, 0.3) is 0 Å². The van der Waals surface area contributed by atoms with Crippen molar-refractivity contribution in [1.29, 1.82) is 0 Å². The van der Waals surface area contributed by atoms with E-state index in [2.05, 4.69) is 11.4 Å². The van der Waals surface area contributed by atoms with Crippen LogP contribution in [-0.4, -0.2) is 24.9 Å². The van der Waals surface area contributed by atoms with E-state index in [0.717, 1.165) is 17.9 Å². The van der Waals surface area contributed by atoms with Crippen LogP contribution in [0.15, 0.2) is 35.7 Å². The zero-order valence-electron chi connectivity index (χ0n) is 11.0. The van der Waals surface area contributed by atoms with Crippen molar-refractivity contribution in [2.24, 2.45) is 0 Å². The van der Waals surface area contributed by atoms with Gasteiger partial charge in [-0.05, 0) is 29.1 Å². The molecule has 2 aromatic rings. The average molecular weight is 291 g/mol. The zero-order valence-corrected chi connectivity index (χ0v) is 11.9. The Bertz CT molecular complexity index is 556. The first-order valence-electron chi connectivity index (χ1n) is 6.63. The minimum absolute atomic E-state index is 0.511. The fraction of sp³-hybridized carbons (Fsp3) is 0.333. The highest BCUT2D eigenvalue weighted by Gasteiger charge is 2.15. The Morgan fingerprint density at radius 3 is 2.85 bits per heavy atom. The molecule has 1 aromatic carbocycles. The van der Waals surface area contributed by atoms with Crippen LogP contribution in [0.2, 0.25) is 0 Å². The van der Waals surface area contributed by atoms with E-state index < -0.39 is 6.10 Å². The Morgan fingerprint density at radius 2 is 2.05 bits per heavy atom. The molecule has 20 heavy (non-hydrogen) atoms. The summed E-state index contributed by atoms with van der Waals surface area (Å²) in [6.07, 6.45) is -0.550. The number of fused-ring (bicyclic) bond motifs is 1. The van der Waals surface area contributed by atoms with Crippen LogP contribution in [0.5, 0.6) is 11.5 Å². The zero-order chi connectivity index (χ0) is 13.8. The Balaban J connectivity index is 1.57. The molecule has 3 rings (SSSR count). The predicted octanol–water partition coefficient (Wildman–Crippen LogP) is 2.34. The summed E-state index contributed by atoms with van der Waals surface area (Å²) in [7, 11) is 0. The molecule has 0 spiro atoms. The van der Waals surface area contributed by atoms with Gasteiger partial charge in [-0.2, -0.15) is 0 Å². The number of hydrogen-bond donors (Lipinski definition) is 2. The van der Waals surface area contributed by atoms with Gasteiger partial charge in [0.15, 0.2) is 11.5 Å². The minimum atomic E-state index is -0.550. The molecular weight excluding hydrogens is 274 g/mol. The second-order valence-electron chi connectivity index (χ2n) is 4.63. The van der Waals surface area contributed by atoms with E-state index in [4.69, 9.17) is 9.47 Å². The van der Waals surface area contributed by atoms with Crippen LogP contribution in [0.4, 0.5) is 0 Å². The Morgan fingerprint density at radius 1 is 1.20 bits per heavy atom. The molecule has 1 atom stereocenters. The van der Waals surface area contributed by atoms with Gasteiger partial charge in [0.25, 0.3) is 0 Å². The SMILES string of the molecule is OC(CNCc1cccs1)c1ccc2c(c1)OCCO2. The standard InChI is InChI=1S/C15H17NO3S/c17-13(10-16-9-12-2-1-7-20-12)11-3-4-14-15(8-11)19-6-5-18-14/h1-4,7-8,13,16-17H,5-6,9-10H2. The van der Waals surface area contributed by atoms with Gasteiger partial charge in [-0.25, -0.2) is 0 Å². The van der Waals surface area contributed by atoms with E-state index >= 15 is 0 Å². The summed E-state index contributed by atoms with van der Waals surface area (Å²) in [5.41, 5.74) is 0.841. The number of thiophene rings is 1. The average Bonchev–Trinajstić information content (AvgIpc) is 3.00. The van der Waals surface area contributed by atoms with Gasteiger partial charge in [0, 0.05) is 18.0 Å². The van der Waals surface area contributed by atoms with Crippen molar-refractivity contribution in [1.82, 2.24) is 5.32 Å². The first kappa shape index (κ1) is 13.4. The maximum absolute atomic E-state index is 10.2. The van der Waals surface area contributed by atoms with E-state index in [1.807, 2.05) is 29.6 Å². The molecule has 5 heteroatoms. The van der Waals surface area contributed by atoms with Crippen molar-refractivity contribution >= 4 is 11.3 Å². The molecule has 0 amide bonds. The maximum Gasteiger partial charge on any atom is 0.161 e. The van der Waals surface area contributed by atoms with Crippen LogP contribution >= 0.6 is 11.3 Å². The molecule has 0 aliphatic carbocycles. The van der Waals surface area contributed by atoms with Crippen molar-refractivity contribution in [2.45, 2.75) is 12.6 Å². The van der Waals surface area contributed by atoms with Crippen molar-refractivity contribution in [3.63, 3.8) is 0 Å². The Hall–Kier alpha value is -1.56. The molecule has 1 aliphatic rings. The van der Waals surface area contributed by atoms with Gasteiger partial charge in [0.05, 0.1) is 6.10 Å². The van der Waals surface area contributed by atoms with Crippen LogP contribution in [-0.2, 0) is 6.54 Å². The van der Waals surface area contributed by atoms with Crippen molar-refractivity contribution in [3.8, 4) is 11.5 Å². The third-order valence-corrected chi connectivity index (χ3v) is 4.04. The van der Waals surface area contributed by atoms with Crippen molar-refractivity contribution in [2.75, 3.05) is 19.8 Å². The first-order valence-corrected chi connectivity index (χ1v) is 7.51. The normalized spacial score (nSPS) is 15.1. The van der Waals surface area contributed by atoms with E-state index in [1.54, 1.807) is 11.3 Å². The number of benzene rings is 1. The third-order valence-electron chi connectivity index (χ3n) is 3.17. The fourth-order valence-electron chi connectivity index (χ4n) is 2.13. The number of hydrogen-bond acceptors (Lipinski definition) is 5. The molecule has 0 saturated heterocycles. The molecule has 0 fully saturated rings. The van der Waals surface area contributed by atoms with Gasteiger partial charge < -0.3 is 19.9 Å². The molecular formula is C15H17NO3S. The second-order valence-corrected chi connectivity index (χ2v) is 5.66. The molecule has 0 saturated carbocycles. The predicted molar refractivity (Wildman–Crippen MR) is 78.4 cm³/mol. The summed E-state index contributed by atoms with van der Waals surface area (Å²) in [5.74, 6) is 1.46. The quantitative estimate of drug-likeness (QED) is 0.888. The molecule has 1 aromatic heterocycles. The number of nitrogens with one attached hydrogen (secondary N) is 1. The molecule has 2 heterocycles. The number of ether oxygens (including phenoxy) is 2.